The summed E-state index contributed by atoms with van der Waals surface area (Å²) in [6.45, 7) is 3.07. The van der Waals surface area contributed by atoms with Crippen molar-refractivity contribution < 1.29 is 14.0 Å². The van der Waals surface area contributed by atoms with Crippen LogP contribution in [0.15, 0.2) is 45.3 Å². The maximum Gasteiger partial charge on any atom is 0.321 e. The Hall–Kier alpha value is -2.12. The Balaban J connectivity index is 1.84. The van der Waals surface area contributed by atoms with Gasteiger partial charge in [-0.1, -0.05) is 35.0 Å². The van der Waals surface area contributed by atoms with E-state index in [1.807, 2.05) is 43.3 Å². The molecule has 0 radical (unpaired) electrons. The van der Waals surface area contributed by atoms with E-state index in [0.29, 0.717) is 13.1 Å². The molecule has 1 heterocycles. The van der Waals surface area contributed by atoms with Gasteiger partial charge >= 0.3 is 6.03 Å². The van der Waals surface area contributed by atoms with Crippen LogP contribution in [0.2, 0.25) is 0 Å². The second-order valence-corrected chi connectivity index (χ2v) is 6.66. The van der Waals surface area contributed by atoms with Crippen LogP contribution in [0.25, 0.3) is 11.3 Å². The van der Waals surface area contributed by atoms with Gasteiger partial charge in [0.2, 0.25) is 5.91 Å². The zero-order chi connectivity index (χ0) is 18.2. The third-order valence-corrected chi connectivity index (χ3v) is 3.95. The summed E-state index contributed by atoms with van der Waals surface area (Å²) in [5.74, 6) is 1.18. The number of likely N-dealkylation sites (N-methyl/N-ethyl adjacent to an activating group) is 1. The van der Waals surface area contributed by atoms with Gasteiger partial charge in [0.1, 0.15) is 11.5 Å². The Kier molecular flexibility index (Phi) is 7.21. The van der Waals surface area contributed by atoms with Crippen LogP contribution in [0, 0.1) is 0 Å². The number of rotatable bonds is 7. The summed E-state index contributed by atoms with van der Waals surface area (Å²) in [6.07, 6.45) is 0.820. The fourth-order valence-corrected chi connectivity index (χ4v) is 2.51. The van der Waals surface area contributed by atoms with E-state index < -0.39 is 6.03 Å². The first-order chi connectivity index (χ1) is 12.0. The number of nitrogens with one attached hydrogen (secondary N) is 2. The first kappa shape index (κ1) is 19.2. The van der Waals surface area contributed by atoms with Gasteiger partial charge in [0.05, 0.1) is 13.1 Å². The molecular weight excluding hydrogens is 386 g/mol. The number of carbonyl (C=O) groups excluding carboxylic acids is 2. The Labute approximate surface area is 155 Å². The molecule has 0 saturated carbocycles. The first-order valence-electron chi connectivity index (χ1n) is 8.08. The summed E-state index contributed by atoms with van der Waals surface area (Å²) in [5.41, 5.74) is 0.988. The van der Waals surface area contributed by atoms with E-state index >= 15 is 0 Å². The van der Waals surface area contributed by atoms with Crippen molar-refractivity contribution >= 4 is 27.9 Å². The zero-order valence-corrected chi connectivity index (χ0v) is 15.9. The number of carbonyl (C=O) groups is 2. The van der Waals surface area contributed by atoms with E-state index in [9.17, 15) is 9.59 Å². The highest BCUT2D eigenvalue weighted by molar-refractivity contribution is 9.10. The summed E-state index contributed by atoms with van der Waals surface area (Å²) >= 11 is 3.41. The van der Waals surface area contributed by atoms with Crippen LogP contribution >= 0.6 is 15.9 Å². The average Bonchev–Trinajstić information content (AvgIpc) is 3.01. The number of furan rings is 1. The largest absolute Gasteiger partial charge is 0.460 e. The molecule has 25 heavy (non-hydrogen) atoms. The highest BCUT2D eigenvalue weighted by atomic mass is 79.9. The molecule has 2 aromatic rings. The van der Waals surface area contributed by atoms with Gasteiger partial charge in [-0.15, -0.1) is 0 Å². The number of amides is 3. The Morgan fingerprint density at radius 2 is 1.88 bits per heavy atom. The Bertz CT molecular complexity index is 713. The third kappa shape index (κ3) is 6.36. The normalized spacial score (nSPS) is 10.7. The molecule has 0 aliphatic rings. The van der Waals surface area contributed by atoms with Crippen molar-refractivity contribution in [1.82, 2.24) is 15.5 Å². The molecule has 1 aromatic heterocycles. The molecule has 0 bridgehead atoms. The molecule has 0 aliphatic heterocycles. The van der Waals surface area contributed by atoms with E-state index in [-0.39, 0.29) is 12.5 Å². The van der Waals surface area contributed by atoms with Crippen LogP contribution in [0.4, 0.5) is 4.79 Å². The highest BCUT2D eigenvalue weighted by Gasteiger charge is 2.12. The molecule has 1 aromatic carbocycles. The SMILES string of the molecule is CCCNC(=O)NC(=O)CN(C)Cc1ccc(-c2ccc(Br)cc2)o1. The summed E-state index contributed by atoms with van der Waals surface area (Å²) in [7, 11) is 1.80. The highest BCUT2D eigenvalue weighted by Crippen LogP contribution is 2.24. The molecule has 2 N–H and O–H groups in total. The van der Waals surface area contributed by atoms with Gasteiger partial charge in [-0.05, 0) is 37.7 Å². The van der Waals surface area contributed by atoms with Crippen molar-refractivity contribution in [2.45, 2.75) is 19.9 Å². The van der Waals surface area contributed by atoms with Crippen LogP contribution < -0.4 is 10.6 Å². The van der Waals surface area contributed by atoms with E-state index in [4.69, 9.17) is 4.42 Å². The average molecular weight is 408 g/mol. The number of nitrogens with zero attached hydrogens (tertiary/aromatic N) is 1. The number of benzene rings is 1. The van der Waals surface area contributed by atoms with Crippen molar-refractivity contribution in [2.75, 3.05) is 20.1 Å². The second kappa shape index (κ2) is 9.39. The predicted octanol–water partition coefficient (Wildman–Crippen LogP) is 3.38. The van der Waals surface area contributed by atoms with E-state index in [1.54, 1.807) is 11.9 Å². The first-order valence-corrected chi connectivity index (χ1v) is 8.88. The van der Waals surface area contributed by atoms with Crippen LogP contribution in [0.1, 0.15) is 19.1 Å². The maximum absolute atomic E-state index is 11.8. The quantitative estimate of drug-likeness (QED) is 0.737. The minimum Gasteiger partial charge on any atom is -0.460 e. The predicted molar refractivity (Wildman–Crippen MR) is 100 cm³/mol. The number of imide groups is 1. The third-order valence-electron chi connectivity index (χ3n) is 3.42. The van der Waals surface area contributed by atoms with Gasteiger partial charge in [0.15, 0.2) is 0 Å². The number of hydrogen-bond donors (Lipinski definition) is 2. The van der Waals surface area contributed by atoms with Crippen LogP contribution in [0.5, 0.6) is 0 Å². The molecule has 0 saturated heterocycles. The molecule has 0 spiro atoms. The van der Waals surface area contributed by atoms with Gasteiger partial charge in [-0.2, -0.15) is 0 Å². The lowest BCUT2D eigenvalue weighted by molar-refractivity contribution is -0.121. The summed E-state index contributed by atoms with van der Waals surface area (Å²) in [5, 5.41) is 4.90. The molecule has 3 amide bonds. The van der Waals surface area contributed by atoms with Crippen molar-refractivity contribution in [2.24, 2.45) is 0 Å². The summed E-state index contributed by atoms with van der Waals surface area (Å²) in [4.78, 5) is 25.1. The van der Waals surface area contributed by atoms with Crippen molar-refractivity contribution in [1.29, 1.82) is 0 Å². The van der Waals surface area contributed by atoms with Gasteiger partial charge < -0.3 is 9.73 Å². The van der Waals surface area contributed by atoms with Crippen LogP contribution in [-0.2, 0) is 11.3 Å². The molecule has 0 aliphatic carbocycles. The topological polar surface area (TPSA) is 74.6 Å². The minimum absolute atomic E-state index is 0.105. The standard InChI is InChI=1S/C18H22BrN3O3/c1-3-10-20-18(24)21-17(23)12-22(2)11-15-8-9-16(25-15)13-4-6-14(19)7-5-13/h4-9H,3,10-12H2,1-2H3,(H2,20,21,23,24). The van der Waals surface area contributed by atoms with Gasteiger partial charge in [0.25, 0.3) is 0 Å². The van der Waals surface area contributed by atoms with Crippen molar-refractivity contribution in [3.8, 4) is 11.3 Å². The van der Waals surface area contributed by atoms with Crippen molar-refractivity contribution in [3.05, 3.63) is 46.6 Å². The van der Waals surface area contributed by atoms with Crippen LogP contribution in [-0.4, -0.2) is 37.0 Å². The van der Waals surface area contributed by atoms with Crippen molar-refractivity contribution in [3.63, 3.8) is 0 Å². The van der Waals surface area contributed by atoms with Gasteiger partial charge in [0, 0.05) is 16.6 Å². The van der Waals surface area contributed by atoms with E-state index in [1.165, 1.54) is 0 Å². The summed E-state index contributed by atoms with van der Waals surface area (Å²) < 4.78 is 6.84. The smallest absolute Gasteiger partial charge is 0.321 e. The lowest BCUT2D eigenvalue weighted by atomic mass is 10.2. The number of hydrogen-bond acceptors (Lipinski definition) is 4. The summed E-state index contributed by atoms with van der Waals surface area (Å²) in [6, 6.07) is 11.2. The van der Waals surface area contributed by atoms with E-state index in [0.717, 1.165) is 28.0 Å². The van der Waals surface area contributed by atoms with E-state index in [2.05, 4.69) is 26.6 Å². The molecule has 0 fully saturated rings. The minimum atomic E-state index is -0.462. The van der Waals surface area contributed by atoms with Crippen LogP contribution in [0.3, 0.4) is 0 Å². The second-order valence-electron chi connectivity index (χ2n) is 5.75. The molecular formula is C18H22BrN3O3. The fraction of sp³-hybridized carbons (Fsp3) is 0.333. The molecule has 2 rings (SSSR count). The molecule has 0 unspecified atom stereocenters. The Morgan fingerprint density at radius 1 is 1.16 bits per heavy atom. The molecule has 134 valence electrons. The number of urea groups is 1. The zero-order valence-electron chi connectivity index (χ0n) is 14.3. The lowest BCUT2D eigenvalue weighted by Crippen LogP contribution is -2.43. The lowest BCUT2D eigenvalue weighted by Gasteiger charge is -2.14. The number of halogens is 1. The monoisotopic (exact) mass is 407 g/mol. The van der Waals surface area contributed by atoms with Gasteiger partial charge in [-0.25, -0.2) is 4.79 Å². The Morgan fingerprint density at radius 3 is 2.56 bits per heavy atom. The molecule has 0 atom stereocenters. The maximum atomic E-state index is 11.8. The molecule has 6 nitrogen and oxygen atoms in total. The van der Waals surface area contributed by atoms with Gasteiger partial charge in [-0.3, -0.25) is 15.0 Å². The fourth-order valence-electron chi connectivity index (χ4n) is 2.25. The molecule has 7 heteroatoms.